The van der Waals surface area contributed by atoms with Gasteiger partial charge in [-0.25, -0.2) is 0 Å². The molecule has 0 aromatic rings. The number of hydrogen-bond donors (Lipinski definition) is 5. The number of Topliss-reactive ketones (excluding diaryl/α,β-unsaturated/α-hetero) is 1. The van der Waals surface area contributed by atoms with Crippen LogP contribution in [-0.4, -0.2) is 116 Å². The highest BCUT2D eigenvalue weighted by Crippen LogP contribution is 2.40. The van der Waals surface area contributed by atoms with Crippen LogP contribution in [0.25, 0.3) is 0 Å². The molecule has 0 aromatic carbocycles. The molecule has 0 radical (unpaired) electrons. The molecule has 1 aliphatic carbocycles. The monoisotopic (exact) mass is 711 g/mol. The summed E-state index contributed by atoms with van der Waals surface area (Å²) in [6, 6.07) is -1.38. The summed E-state index contributed by atoms with van der Waals surface area (Å²) >= 11 is 3.26. The van der Waals surface area contributed by atoms with Gasteiger partial charge in [-0.3, -0.25) is 19.2 Å². The van der Waals surface area contributed by atoms with E-state index in [1.54, 1.807) is 44.3 Å². The molecule has 5 unspecified atom stereocenters. The van der Waals surface area contributed by atoms with Gasteiger partial charge in [0, 0.05) is 39.4 Å². The molecule has 0 aliphatic heterocycles. The van der Waals surface area contributed by atoms with Crippen LogP contribution in [0.5, 0.6) is 0 Å². The second-order valence-electron chi connectivity index (χ2n) is 15.8. The molecule has 0 spiro atoms. The van der Waals surface area contributed by atoms with Crippen molar-refractivity contribution in [3.8, 4) is 0 Å². The van der Waals surface area contributed by atoms with Crippen LogP contribution in [0.1, 0.15) is 88.0 Å². The Balaban J connectivity index is 2.87. The van der Waals surface area contributed by atoms with Gasteiger partial charge in [-0.05, 0) is 60.8 Å². The summed E-state index contributed by atoms with van der Waals surface area (Å²) in [6.07, 6.45) is 2.43. The van der Waals surface area contributed by atoms with Gasteiger partial charge in [0.2, 0.25) is 17.7 Å². The molecule has 1 rings (SSSR count). The summed E-state index contributed by atoms with van der Waals surface area (Å²) in [5.74, 6) is -0.199. The fourth-order valence-corrected chi connectivity index (χ4v) is 7.52. The molecule has 0 heterocycles. The van der Waals surface area contributed by atoms with Crippen LogP contribution < -0.4 is 27.0 Å². The van der Waals surface area contributed by atoms with Crippen molar-refractivity contribution < 1.29 is 33.5 Å². The van der Waals surface area contributed by atoms with E-state index in [0.717, 1.165) is 12.8 Å². The lowest BCUT2D eigenvalue weighted by atomic mass is 9.87. The fraction of sp³-hybridized carbons (Fsp3) is 0.812. The lowest BCUT2D eigenvalue weighted by Crippen LogP contribution is -2.54. The smallest absolute Gasteiger partial charge is 0.243 e. The molecule has 1 saturated carbocycles. The van der Waals surface area contributed by atoms with Crippen molar-refractivity contribution in [3.05, 3.63) is 0 Å². The molecule has 1 fully saturated rings. The lowest BCUT2D eigenvalue weighted by molar-refractivity contribution is -0.141. The second kappa shape index (κ2) is 18.9. The summed E-state index contributed by atoms with van der Waals surface area (Å²) in [7, 11) is 2.80. The van der Waals surface area contributed by atoms with Crippen molar-refractivity contribution in [3.63, 3.8) is 0 Å². The first-order valence-corrected chi connectivity index (χ1v) is 18.7. The van der Waals surface area contributed by atoms with Crippen LogP contribution in [0.3, 0.4) is 0 Å². The first-order chi connectivity index (χ1) is 21.8. The summed E-state index contributed by atoms with van der Waals surface area (Å²) in [5, 5.41) is 12.0. The third-order valence-corrected chi connectivity index (χ3v) is 10.9. The van der Waals surface area contributed by atoms with E-state index in [4.69, 9.17) is 10.5 Å². The minimum absolute atomic E-state index is 0.0144. The lowest BCUT2D eigenvalue weighted by Gasteiger charge is -2.38. The van der Waals surface area contributed by atoms with Crippen molar-refractivity contribution in [2.24, 2.45) is 16.6 Å². The van der Waals surface area contributed by atoms with E-state index in [1.165, 1.54) is 15.7 Å². The normalized spacial score (nSPS) is 19.2. The zero-order valence-corrected chi connectivity index (χ0v) is 32.6. The predicted octanol–water partition coefficient (Wildman–Crippen LogP) is -0.110. The molecule has 3 amide bonds. The average Bonchev–Trinajstić information content (AvgIpc) is 2.93. The quantitative estimate of drug-likeness (QED) is 0.0791. The molecule has 0 saturated heterocycles. The molecule has 0 aromatic heterocycles. The van der Waals surface area contributed by atoms with Crippen molar-refractivity contribution in [2.45, 2.75) is 122 Å². The van der Waals surface area contributed by atoms with Crippen LogP contribution in [-0.2, 0) is 33.5 Å². The standard InChI is InChI=1S/C32H59B2N5O7S2/c1-29(2,3)23(40)12-13-32(9,35)46-18-31(7,8)28(45)38-19(26(43)36-14-24(33)41)16-47-21-10-11-22(21)48-17-20(39-30(4,5)6)27(44)37-15-25(34)42/h19-22,39H,10-18,33-35H2,1-9H3,(H,36,43)(H,37,44)(H,38,45). The largest absolute Gasteiger partial charge is 0.360 e. The van der Waals surface area contributed by atoms with E-state index >= 15 is 0 Å². The Hall–Kier alpha value is -1.87. The third kappa shape index (κ3) is 17.2. The van der Waals surface area contributed by atoms with Gasteiger partial charge in [-0.1, -0.05) is 20.8 Å². The Morgan fingerprint density at radius 3 is 1.67 bits per heavy atom. The fourth-order valence-electron chi connectivity index (χ4n) is 4.39. The Bertz CT molecular complexity index is 1160. The SMILES string of the molecule is BC(=O)CNC(=O)C(CSC1CCC1SCC(NC(C)(C)C)C(=O)NCC(B)=O)NC(=O)C(C)(C)COC(C)(N)CCC(=O)C(C)(C)C. The maximum atomic E-state index is 13.5. The minimum atomic E-state index is -1.13. The number of carbonyl (C=O) groups excluding carboxylic acids is 6. The number of carbonyl (C=O) groups is 6. The number of amides is 3. The van der Waals surface area contributed by atoms with E-state index in [-0.39, 0.29) is 65.2 Å². The summed E-state index contributed by atoms with van der Waals surface area (Å²) in [6.45, 7) is 16.4. The number of nitrogens with two attached hydrogens (primary N) is 1. The summed E-state index contributed by atoms with van der Waals surface area (Å²) in [5.41, 5.74) is 3.03. The van der Waals surface area contributed by atoms with Crippen LogP contribution in [0.4, 0.5) is 0 Å². The van der Waals surface area contributed by atoms with E-state index < -0.39 is 40.5 Å². The summed E-state index contributed by atoms with van der Waals surface area (Å²) in [4.78, 5) is 74.8. The zero-order valence-electron chi connectivity index (χ0n) is 30.9. The first-order valence-electron chi connectivity index (χ1n) is 16.7. The number of hydrogen-bond acceptors (Lipinski definition) is 11. The third-order valence-electron chi connectivity index (χ3n) is 7.74. The van der Waals surface area contributed by atoms with Gasteiger partial charge in [0.05, 0.1) is 31.2 Å². The number of ketones is 1. The van der Waals surface area contributed by atoms with Gasteiger partial charge in [-0.15, -0.1) is 0 Å². The highest BCUT2D eigenvalue weighted by molar-refractivity contribution is 8.04. The van der Waals surface area contributed by atoms with E-state index in [0.29, 0.717) is 17.9 Å². The molecule has 16 heteroatoms. The van der Waals surface area contributed by atoms with Crippen molar-refractivity contribution in [1.82, 2.24) is 21.3 Å². The van der Waals surface area contributed by atoms with Crippen LogP contribution in [0.2, 0.25) is 0 Å². The molecule has 272 valence electrons. The van der Waals surface area contributed by atoms with Gasteiger partial charge in [0.15, 0.2) is 15.7 Å². The number of rotatable bonds is 21. The molecular weight excluding hydrogens is 652 g/mol. The minimum Gasteiger partial charge on any atom is -0.360 e. The topological polar surface area (TPSA) is 186 Å². The zero-order chi connectivity index (χ0) is 37.1. The van der Waals surface area contributed by atoms with E-state index in [2.05, 4.69) is 21.3 Å². The molecule has 12 nitrogen and oxygen atoms in total. The molecule has 6 N–H and O–H groups in total. The van der Waals surface area contributed by atoms with Gasteiger partial charge in [-0.2, -0.15) is 23.5 Å². The van der Waals surface area contributed by atoms with Crippen LogP contribution in [0.15, 0.2) is 0 Å². The number of thioether (sulfide) groups is 2. The van der Waals surface area contributed by atoms with Gasteiger partial charge < -0.3 is 41.3 Å². The molecule has 0 bridgehead atoms. The van der Waals surface area contributed by atoms with Gasteiger partial charge in [0.25, 0.3) is 0 Å². The highest BCUT2D eigenvalue weighted by Gasteiger charge is 2.38. The maximum absolute atomic E-state index is 13.5. The Kier molecular flexibility index (Phi) is 17.4. The molecular formula is C32H59B2N5O7S2. The van der Waals surface area contributed by atoms with E-state index in [1.807, 2.05) is 41.5 Å². The van der Waals surface area contributed by atoms with Gasteiger partial charge >= 0.3 is 0 Å². The van der Waals surface area contributed by atoms with Crippen molar-refractivity contribution >= 4 is 74.1 Å². The first kappa shape index (κ1) is 44.2. The molecule has 5 atom stereocenters. The van der Waals surface area contributed by atoms with Crippen molar-refractivity contribution in [1.29, 1.82) is 0 Å². The number of ether oxygens (including phenoxy) is 1. The van der Waals surface area contributed by atoms with Gasteiger partial charge in [0.1, 0.15) is 28.9 Å². The van der Waals surface area contributed by atoms with E-state index in [9.17, 15) is 28.8 Å². The second-order valence-corrected chi connectivity index (χ2v) is 18.3. The Morgan fingerprint density at radius 2 is 1.25 bits per heavy atom. The predicted molar refractivity (Wildman–Crippen MR) is 199 cm³/mol. The molecule has 1 aliphatic rings. The van der Waals surface area contributed by atoms with Crippen LogP contribution in [0, 0.1) is 10.8 Å². The summed E-state index contributed by atoms with van der Waals surface area (Å²) < 4.78 is 5.92. The highest BCUT2D eigenvalue weighted by atomic mass is 32.2. The number of nitrogens with one attached hydrogen (secondary N) is 4. The maximum Gasteiger partial charge on any atom is 0.243 e. The van der Waals surface area contributed by atoms with Crippen molar-refractivity contribution in [2.75, 3.05) is 31.2 Å². The van der Waals surface area contributed by atoms with Crippen LogP contribution >= 0.6 is 23.5 Å². The Morgan fingerprint density at radius 1 is 0.792 bits per heavy atom. The molecule has 48 heavy (non-hydrogen) atoms. The average molecular weight is 712 g/mol. The Labute approximate surface area is 297 Å².